The molecule has 2 aromatic carbocycles. The van der Waals surface area contributed by atoms with Crippen molar-refractivity contribution in [3.8, 4) is 5.75 Å². The first-order chi connectivity index (χ1) is 14.2. The first-order valence-corrected chi connectivity index (χ1v) is 11.0. The van der Waals surface area contributed by atoms with Crippen LogP contribution in [0.1, 0.15) is 35.2 Å². The van der Waals surface area contributed by atoms with Crippen molar-refractivity contribution >= 4 is 27.3 Å². The van der Waals surface area contributed by atoms with Crippen molar-refractivity contribution in [2.45, 2.75) is 31.1 Å². The van der Waals surface area contributed by atoms with Gasteiger partial charge in [0, 0.05) is 19.2 Å². The third kappa shape index (κ3) is 4.38. The lowest BCUT2D eigenvalue weighted by Gasteiger charge is -2.27. The van der Waals surface area contributed by atoms with E-state index in [-0.39, 0.29) is 39.1 Å². The van der Waals surface area contributed by atoms with E-state index in [1.165, 1.54) is 50.4 Å². The van der Waals surface area contributed by atoms with Gasteiger partial charge in [0.1, 0.15) is 5.75 Å². The molecule has 1 fully saturated rings. The second-order valence-corrected chi connectivity index (χ2v) is 8.71. The normalized spacial score (nSPS) is 14.3. The molecule has 2 aromatic rings. The van der Waals surface area contributed by atoms with Crippen LogP contribution in [0.4, 0.5) is 11.4 Å². The molecule has 3 rings (SSSR count). The van der Waals surface area contributed by atoms with Crippen molar-refractivity contribution in [2.75, 3.05) is 24.9 Å². The molecule has 0 unspecified atom stereocenters. The highest BCUT2D eigenvalue weighted by Crippen LogP contribution is 2.29. The Hall–Kier alpha value is -3.14. The highest BCUT2D eigenvalue weighted by atomic mass is 32.2. The molecule has 0 radical (unpaired) electrons. The molecule has 1 aliphatic heterocycles. The summed E-state index contributed by atoms with van der Waals surface area (Å²) in [5, 5.41) is 11.1. The van der Waals surface area contributed by atoms with Crippen molar-refractivity contribution in [3.05, 3.63) is 57.6 Å². The number of nitro benzene ring substituents is 1. The van der Waals surface area contributed by atoms with Crippen LogP contribution in [0, 0.1) is 17.0 Å². The van der Waals surface area contributed by atoms with Gasteiger partial charge in [-0.1, -0.05) is 6.07 Å². The number of piperidine rings is 1. The number of rotatable bonds is 6. The number of carbonyl (C=O) groups is 1. The van der Waals surface area contributed by atoms with Gasteiger partial charge in [0.25, 0.3) is 21.6 Å². The van der Waals surface area contributed by atoms with E-state index in [0.29, 0.717) is 13.1 Å². The molecule has 1 amide bonds. The summed E-state index contributed by atoms with van der Waals surface area (Å²) in [5.41, 5.74) is 0.275. The number of sulfonamides is 1. The van der Waals surface area contributed by atoms with Gasteiger partial charge in [-0.3, -0.25) is 19.6 Å². The predicted octanol–water partition coefficient (Wildman–Crippen LogP) is 3.34. The number of nitrogens with one attached hydrogen (secondary N) is 1. The molecule has 9 nitrogen and oxygen atoms in total. The standard InChI is InChI=1S/C20H23N3O6S/c1-14-17(7-6-8-18(14)23(25)26)21-30(27,28)15-9-10-19(29-2)16(13-15)20(24)22-11-4-3-5-12-22/h6-10,13,21H,3-5,11-12H2,1-2H3. The van der Waals surface area contributed by atoms with Gasteiger partial charge in [-0.25, -0.2) is 8.42 Å². The van der Waals surface area contributed by atoms with Crippen molar-refractivity contribution in [3.63, 3.8) is 0 Å². The van der Waals surface area contributed by atoms with Gasteiger partial charge < -0.3 is 9.64 Å². The smallest absolute Gasteiger partial charge is 0.274 e. The first-order valence-electron chi connectivity index (χ1n) is 9.48. The van der Waals surface area contributed by atoms with Crippen LogP contribution in [0.25, 0.3) is 0 Å². The van der Waals surface area contributed by atoms with Gasteiger partial charge in [-0.15, -0.1) is 0 Å². The lowest BCUT2D eigenvalue weighted by Crippen LogP contribution is -2.35. The largest absolute Gasteiger partial charge is 0.496 e. The topological polar surface area (TPSA) is 119 Å². The number of hydrogen-bond acceptors (Lipinski definition) is 6. The van der Waals surface area contributed by atoms with Gasteiger partial charge in [0.05, 0.1) is 33.7 Å². The first kappa shape index (κ1) is 21.6. The van der Waals surface area contributed by atoms with E-state index < -0.39 is 14.9 Å². The Kier molecular flexibility index (Phi) is 6.25. The van der Waals surface area contributed by atoms with E-state index in [1.54, 1.807) is 4.90 Å². The molecule has 10 heteroatoms. The Labute approximate surface area is 174 Å². The summed E-state index contributed by atoms with van der Waals surface area (Å²) >= 11 is 0. The third-order valence-corrected chi connectivity index (χ3v) is 6.46. The Balaban J connectivity index is 1.96. The molecule has 1 aliphatic rings. The van der Waals surface area contributed by atoms with Crippen molar-refractivity contribution in [1.82, 2.24) is 4.90 Å². The van der Waals surface area contributed by atoms with Crippen LogP contribution in [-0.4, -0.2) is 44.3 Å². The van der Waals surface area contributed by atoms with Crippen LogP contribution in [0.2, 0.25) is 0 Å². The average Bonchev–Trinajstić information content (AvgIpc) is 2.74. The summed E-state index contributed by atoms with van der Waals surface area (Å²) in [5.74, 6) is 0.00572. The summed E-state index contributed by atoms with van der Waals surface area (Å²) in [7, 11) is -2.67. The molecule has 0 aromatic heterocycles. The number of anilines is 1. The van der Waals surface area contributed by atoms with Crippen LogP contribution in [0.5, 0.6) is 5.75 Å². The molecule has 1 saturated heterocycles. The molecule has 160 valence electrons. The minimum Gasteiger partial charge on any atom is -0.496 e. The molecule has 0 bridgehead atoms. The van der Waals surface area contributed by atoms with E-state index >= 15 is 0 Å². The Bertz CT molecular complexity index is 1080. The highest BCUT2D eigenvalue weighted by Gasteiger charge is 2.25. The van der Waals surface area contributed by atoms with Gasteiger partial charge in [0.2, 0.25) is 0 Å². The number of likely N-dealkylation sites (tertiary alicyclic amines) is 1. The predicted molar refractivity (Wildman–Crippen MR) is 111 cm³/mol. The highest BCUT2D eigenvalue weighted by molar-refractivity contribution is 7.92. The Morgan fingerprint density at radius 3 is 2.50 bits per heavy atom. The number of carbonyl (C=O) groups excluding carboxylic acids is 1. The second kappa shape index (κ2) is 8.70. The Morgan fingerprint density at radius 1 is 1.17 bits per heavy atom. The van der Waals surface area contributed by atoms with Crippen LogP contribution >= 0.6 is 0 Å². The molecule has 0 saturated carbocycles. The average molecular weight is 433 g/mol. The van der Waals surface area contributed by atoms with Gasteiger partial charge in [-0.2, -0.15) is 0 Å². The van der Waals surface area contributed by atoms with E-state index in [2.05, 4.69) is 4.72 Å². The molecular formula is C20H23N3O6S. The van der Waals surface area contributed by atoms with Crippen LogP contribution in [0.3, 0.4) is 0 Å². The van der Waals surface area contributed by atoms with Gasteiger partial charge in [-0.05, 0) is 50.5 Å². The summed E-state index contributed by atoms with van der Waals surface area (Å²) in [6, 6.07) is 8.21. The number of nitrogens with zero attached hydrogens (tertiary/aromatic N) is 2. The third-order valence-electron chi connectivity index (χ3n) is 5.10. The van der Waals surface area contributed by atoms with E-state index in [1.807, 2.05) is 0 Å². The number of amides is 1. The minimum absolute atomic E-state index is 0.101. The van der Waals surface area contributed by atoms with E-state index in [0.717, 1.165) is 19.3 Å². The molecule has 1 heterocycles. The zero-order valence-corrected chi connectivity index (χ0v) is 17.6. The Morgan fingerprint density at radius 2 is 1.87 bits per heavy atom. The maximum absolute atomic E-state index is 12.9. The summed E-state index contributed by atoms with van der Waals surface area (Å²) in [6.45, 7) is 2.70. The molecular weight excluding hydrogens is 410 g/mol. The maximum atomic E-state index is 12.9. The molecule has 0 spiro atoms. The quantitative estimate of drug-likeness (QED) is 0.551. The van der Waals surface area contributed by atoms with Gasteiger partial charge >= 0.3 is 0 Å². The van der Waals surface area contributed by atoms with Crippen LogP contribution < -0.4 is 9.46 Å². The van der Waals surface area contributed by atoms with Crippen molar-refractivity contribution < 1.29 is 22.9 Å². The minimum atomic E-state index is -4.09. The number of ether oxygens (including phenoxy) is 1. The van der Waals surface area contributed by atoms with Crippen LogP contribution in [0.15, 0.2) is 41.3 Å². The van der Waals surface area contributed by atoms with E-state index in [9.17, 15) is 23.3 Å². The number of benzene rings is 2. The molecule has 0 aliphatic carbocycles. The second-order valence-electron chi connectivity index (χ2n) is 7.03. The molecule has 1 N–H and O–H groups in total. The lowest BCUT2D eigenvalue weighted by molar-refractivity contribution is -0.385. The van der Waals surface area contributed by atoms with Crippen molar-refractivity contribution in [2.24, 2.45) is 0 Å². The maximum Gasteiger partial charge on any atom is 0.274 e. The van der Waals surface area contributed by atoms with Gasteiger partial charge in [0.15, 0.2) is 0 Å². The molecule has 0 atom stereocenters. The summed E-state index contributed by atoms with van der Waals surface area (Å²) in [6.07, 6.45) is 2.86. The number of hydrogen-bond donors (Lipinski definition) is 1. The fraction of sp³-hybridized carbons (Fsp3) is 0.350. The monoisotopic (exact) mass is 433 g/mol. The SMILES string of the molecule is COc1ccc(S(=O)(=O)Nc2cccc([N+](=O)[O-])c2C)cc1C(=O)N1CCCCC1. The van der Waals surface area contributed by atoms with Crippen LogP contribution in [-0.2, 0) is 10.0 Å². The fourth-order valence-corrected chi connectivity index (χ4v) is 4.57. The fourth-order valence-electron chi connectivity index (χ4n) is 3.42. The summed E-state index contributed by atoms with van der Waals surface area (Å²) in [4.78, 5) is 25.1. The lowest BCUT2D eigenvalue weighted by atomic mass is 10.1. The number of nitro groups is 1. The molecule has 30 heavy (non-hydrogen) atoms. The van der Waals surface area contributed by atoms with Crippen molar-refractivity contribution in [1.29, 1.82) is 0 Å². The van der Waals surface area contributed by atoms with E-state index in [4.69, 9.17) is 4.74 Å². The number of methoxy groups -OCH3 is 1. The summed E-state index contributed by atoms with van der Waals surface area (Å²) < 4.78 is 33.5. The zero-order chi connectivity index (χ0) is 21.9. The zero-order valence-electron chi connectivity index (χ0n) is 16.8.